The summed E-state index contributed by atoms with van der Waals surface area (Å²) >= 11 is 0. The molecule has 1 N–H and O–H groups in total. The van der Waals surface area contributed by atoms with Gasteiger partial charge in [-0.15, -0.1) is 0 Å². The molecule has 1 saturated heterocycles. The molecule has 1 aromatic rings. The molecule has 114 valence electrons. The van der Waals surface area contributed by atoms with Gasteiger partial charge in [0.25, 0.3) is 5.79 Å². The Hall–Kier alpha value is -2.89. The lowest BCUT2D eigenvalue weighted by Crippen LogP contribution is -2.41. The molecule has 0 spiro atoms. The smallest absolute Gasteiger partial charge is 0.348 e. The zero-order valence-corrected chi connectivity index (χ0v) is 12.0. The largest absolute Gasteiger partial charge is 0.478 e. The molecule has 6 nitrogen and oxygen atoms in total. The molecule has 0 saturated carbocycles. The van der Waals surface area contributed by atoms with Gasteiger partial charge in [0.15, 0.2) is 0 Å². The van der Waals surface area contributed by atoms with Crippen molar-refractivity contribution in [2.75, 3.05) is 0 Å². The van der Waals surface area contributed by atoms with Crippen LogP contribution < -0.4 is 0 Å². The third kappa shape index (κ3) is 3.82. The molecule has 0 unspecified atom stereocenters. The van der Waals surface area contributed by atoms with Crippen molar-refractivity contribution < 1.29 is 29.0 Å². The number of hydrogen-bond donors (Lipinski definition) is 1. The number of aliphatic carboxylic acids is 1. The van der Waals surface area contributed by atoms with Crippen LogP contribution in [0.3, 0.4) is 0 Å². The van der Waals surface area contributed by atoms with Crippen LogP contribution in [0, 0.1) is 0 Å². The summed E-state index contributed by atoms with van der Waals surface area (Å²) in [6.07, 6.45) is 3.82. The fourth-order valence-corrected chi connectivity index (χ4v) is 1.82. The number of carbonyl (C=O) groups is 3. The van der Waals surface area contributed by atoms with E-state index in [2.05, 4.69) is 0 Å². The monoisotopic (exact) mass is 302 g/mol. The topological polar surface area (TPSA) is 89.9 Å². The van der Waals surface area contributed by atoms with Crippen molar-refractivity contribution in [3.8, 4) is 0 Å². The molecule has 1 aromatic carbocycles. The van der Waals surface area contributed by atoms with Crippen LogP contribution in [0.4, 0.5) is 0 Å². The quantitative estimate of drug-likeness (QED) is 0.522. The third-order valence-electron chi connectivity index (χ3n) is 2.78. The zero-order valence-electron chi connectivity index (χ0n) is 12.0. The van der Waals surface area contributed by atoms with Crippen molar-refractivity contribution in [1.29, 1.82) is 0 Å². The van der Waals surface area contributed by atoms with Gasteiger partial charge in [0, 0.05) is 19.9 Å². The van der Waals surface area contributed by atoms with Crippen LogP contribution in [0.2, 0.25) is 0 Å². The predicted molar refractivity (Wildman–Crippen MR) is 77.4 cm³/mol. The van der Waals surface area contributed by atoms with Gasteiger partial charge in [-0.3, -0.25) is 0 Å². The second-order valence-electron chi connectivity index (χ2n) is 5.08. The Kier molecular flexibility index (Phi) is 4.12. The van der Waals surface area contributed by atoms with Gasteiger partial charge < -0.3 is 14.6 Å². The Morgan fingerprint density at radius 3 is 2.05 bits per heavy atom. The molecule has 6 heteroatoms. The highest BCUT2D eigenvalue weighted by atomic mass is 16.7. The van der Waals surface area contributed by atoms with Crippen LogP contribution in [0.15, 0.2) is 35.9 Å². The number of rotatable bonds is 3. The lowest BCUT2D eigenvalue weighted by atomic mass is 10.1. The fourth-order valence-electron chi connectivity index (χ4n) is 1.82. The van der Waals surface area contributed by atoms with E-state index in [-0.39, 0.29) is 5.57 Å². The average molecular weight is 302 g/mol. The third-order valence-corrected chi connectivity index (χ3v) is 2.78. The van der Waals surface area contributed by atoms with Crippen LogP contribution in [0.25, 0.3) is 12.2 Å². The number of benzene rings is 1. The first-order valence-corrected chi connectivity index (χ1v) is 6.46. The Morgan fingerprint density at radius 1 is 1.05 bits per heavy atom. The predicted octanol–water partition coefficient (Wildman–Crippen LogP) is 2.00. The van der Waals surface area contributed by atoms with Gasteiger partial charge in [-0.05, 0) is 23.3 Å². The van der Waals surface area contributed by atoms with E-state index in [0.717, 1.165) is 6.08 Å². The summed E-state index contributed by atoms with van der Waals surface area (Å²) in [5.74, 6) is -3.79. The molecule has 2 rings (SSSR count). The minimum atomic E-state index is -1.27. The maximum Gasteiger partial charge on any atom is 0.348 e. The summed E-state index contributed by atoms with van der Waals surface area (Å²) in [6.45, 7) is 2.95. The van der Waals surface area contributed by atoms with Gasteiger partial charge in [0.1, 0.15) is 5.57 Å². The van der Waals surface area contributed by atoms with Gasteiger partial charge in [0.05, 0.1) is 0 Å². The van der Waals surface area contributed by atoms with Crippen molar-refractivity contribution in [2.24, 2.45) is 0 Å². The van der Waals surface area contributed by atoms with E-state index in [0.29, 0.717) is 11.1 Å². The van der Waals surface area contributed by atoms with Gasteiger partial charge in [-0.1, -0.05) is 24.3 Å². The van der Waals surface area contributed by atoms with E-state index in [1.165, 1.54) is 26.0 Å². The second-order valence-corrected chi connectivity index (χ2v) is 5.08. The summed E-state index contributed by atoms with van der Waals surface area (Å²) < 4.78 is 9.98. The first-order valence-electron chi connectivity index (χ1n) is 6.46. The van der Waals surface area contributed by atoms with E-state index >= 15 is 0 Å². The maximum atomic E-state index is 11.8. The zero-order chi connectivity index (χ0) is 16.3. The summed E-state index contributed by atoms with van der Waals surface area (Å²) in [4.78, 5) is 34.0. The minimum absolute atomic E-state index is 0.187. The second kappa shape index (κ2) is 5.85. The number of esters is 2. The molecule has 0 radical (unpaired) electrons. The molecule has 22 heavy (non-hydrogen) atoms. The normalized spacial score (nSPS) is 17.1. The van der Waals surface area contributed by atoms with Crippen molar-refractivity contribution in [1.82, 2.24) is 0 Å². The van der Waals surface area contributed by atoms with E-state index < -0.39 is 23.7 Å². The number of ether oxygens (including phenoxy) is 2. The Labute approximate surface area is 126 Å². The maximum absolute atomic E-state index is 11.8. The fraction of sp³-hybridized carbons (Fsp3) is 0.188. The first-order chi connectivity index (χ1) is 10.3. The van der Waals surface area contributed by atoms with E-state index in [1.54, 1.807) is 24.3 Å². The van der Waals surface area contributed by atoms with Crippen molar-refractivity contribution in [2.45, 2.75) is 19.6 Å². The Balaban J connectivity index is 2.21. The molecule has 1 fully saturated rings. The van der Waals surface area contributed by atoms with E-state index in [4.69, 9.17) is 14.6 Å². The van der Waals surface area contributed by atoms with E-state index in [1.807, 2.05) is 0 Å². The Bertz CT molecular complexity index is 657. The van der Waals surface area contributed by atoms with Gasteiger partial charge >= 0.3 is 17.9 Å². The number of carboxylic acids is 1. The van der Waals surface area contributed by atoms with Gasteiger partial charge in [0.2, 0.25) is 0 Å². The standard InChI is InChI=1S/C16H14O6/c1-16(2)21-14(19)12(15(20)22-16)9-11-5-3-10(4-6-11)7-8-13(17)18/h3-9H,1-2H3,(H,17,18). The average Bonchev–Trinajstić information content (AvgIpc) is 2.41. The molecular formula is C16H14O6. The summed E-state index contributed by atoms with van der Waals surface area (Å²) in [5.41, 5.74) is 1.09. The Morgan fingerprint density at radius 2 is 1.55 bits per heavy atom. The van der Waals surface area contributed by atoms with Crippen LogP contribution in [-0.4, -0.2) is 28.8 Å². The molecule has 0 bridgehead atoms. The number of cyclic esters (lactones) is 2. The number of carboxylic acid groups (broad SMARTS) is 1. The molecule has 1 heterocycles. The molecule has 0 aromatic heterocycles. The minimum Gasteiger partial charge on any atom is -0.478 e. The molecule has 1 aliphatic rings. The SMILES string of the molecule is CC1(C)OC(=O)C(=Cc2ccc(C=CC(=O)O)cc2)C(=O)O1. The number of carbonyl (C=O) groups excluding carboxylic acids is 2. The molecule has 0 aliphatic carbocycles. The highest BCUT2D eigenvalue weighted by Gasteiger charge is 2.38. The molecular weight excluding hydrogens is 288 g/mol. The number of hydrogen-bond acceptors (Lipinski definition) is 5. The summed E-state index contributed by atoms with van der Waals surface area (Å²) in [5, 5.41) is 8.55. The van der Waals surface area contributed by atoms with Crippen molar-refractivity contribution in [3.63, 3.8) is 0 Å². The summed E-state index contributed by atoms with van der Waals surface area (Å²) in [7, 11) is 0. The lowest BCUT2D eigenvalue weighted by molar-refractivity contribution is -0.222. The van der Waals surface area contributed by atoms with Crippen LogP contribution in [-0.2, 0) is 23.9 Å². The van der Waals surface area contributed by atoms with Gasteiger partial charge in [-0.25, -0.2) is 14.4 Å². The van der Waals surface area contributed by atoms with Crippen LogP contribution in [0.5, 0.6) is 0 Å². The van der Waals surface area contributed by atoms with E-state index in [9.17, 15) is 14.4 Å². The molecule has 0 atom stereocenters. The lowest BCUT2D eigenvalue weighted by Gasteiger charge is -2.29. The summed E-state index contributed by atoms with van der Waals surface area (Å²) in [6, 6.07) is 6.62. The highest BCUT2D eigenvalue weighted by molar-refractivity contribution is 6.18. The molecule has 1 aliphatic heterocycles. The molecule has 0 amide bonds. The first kappa shape index (κ1) is 15.5. The van der Waals surface area contributed by atoms with Gasteiger partial charge in [-0.2, -0.15) is 0 Å². The van der Waals surface area contributed by atoms with Crippen molar-refractivity contribution >= 4 is 30.1 Å². The van der Waals surface area contributed by atoms with Crippen LogP contribution in [0.1, 0.15) is 25.0 Å². The van der Waals surface area contributed by atoms with Crippen LogP contribution >= 0.6 is 0 Å². The van der Waals surface area contributed by atoms with Crippen molar-refractivity contribution in [3.05, 3.63) is 47.0 Å². The highest BCUT2D eigenvalue weighted by Crippen LogP contribution is 2.24.